The molecule has 0 spiro atoms. The van der Waals surface area contributed by atoms with Crippen molar-refractivity contribution in [3.63, 3.8) is 0 Å². The van der Waals surface area contributed by atoms with Crippen LogP contribution in [0.1, 0.15) is 12.5 Å². The molecule has 0 radical (unpaired) electrons. The number of para-hydroxylation sites is 1. The average Bonchev–Trinajstić information content (AvgIpc) is 3.10. The molecule has 0 fully saturated rings. The topological polar surface area (TPSA) is 119 Å². The molecule has 1 aromatic carbocycles. The van der Waals surface area contributed by atoms with Gasteiger partial charge in [0.25, 0.3) is 5.56 Å². The summed E-state index contributed by atoms with van der Waals surface area (Å²) < 4.78 is 6.35. The van der Waals surface area contributed by atoms with Gasteiger partial charge in [-0.1, -0.05) is 30.0 Å². The van der Waals surface area contributed by atoms with Crippen molar-refractivity contribution in [3.8, 4) is 5.69 Å². The molecule has 1 amide bonds. The molecule has 0 saturated heterocycles. The average molecular weight is 401 g/mol. The third-order valence-corrected chi connectivity index (χ3v) is 4.71. The van der Waals surface area contributed by atoms with E-state index < -0.39 is 5.97 Å². The smallest absolute Gasteiger partial charge is 0.325 e. The summed E-state index contributed by atoms with van der Waals surface area (Å²) in [5.41, 5.74) is 1.88. The zero-order valence-corrected chi connectivity index (χ0v) is 16.2. The maximum absolute atomic E-state index is 12.3. The molecule has 3 rings (SSSR count). The molecule has 10 heteroatoms. The van der Waals surface area contributed by atoms with Gasteiger partial charge in [-0.25, -0.2) is 9.67 Å². The number of H-pyrrole nitrogens is 1. The van der Waals surface area contributed by atoms with Crippen LogP contribution in [0.4, 0.5) is 0 Å². The first-order chi connectivity index (χ1) is 13.5. The number of esters is 1. The molecule has 0 atom stereocenters. The van der Waals surface area contributed by atoms with Gasteiger partial charge in [0.15, 0.2) is 10.8 Å². The van der Waals surface area contributed by atoms with Crippen molar-refractivity contribution >= 4 is 34.7 Å². The predicted octanol–water partition coefficient (Wildman–Crippen LogP) is 1.19. The SMILES string of the molecule is CCOC(=O)CNC(=O)CSc1nc2c(cnn2-c2ccccc2C)c(=O)[nH]1. The van der Waals surface area contributed by atoms with Gasteiger partial charge in [-0.3, -0.25) is 14.4 Å². The van der Waals surface area contributed by atoms with Crippen molar-refractivity contribution < 1.29 is 14.3 Å². The van der Waals surface area contributed by atoms with Gasteiger partial charge < -0.3 is 15.0 Å². The fraction of sp³-hybridized carbons (Fsp3) is 0.278. The molecular weight excluding hydrogens is 382 g/mol. The molecule has 0 aliphatic carbocycles. The number of nitrogens with one attached hydrogen (secondary N) is 2. The van der Waals surface area contributed by atoms with Crippen LogP contribution in [0.15, 0.2) is 40.4 Å². The van der Waals surface area contributed by atoms with E-state index in [1.165, 1.54) is 6.20 Å². The highest BCUT2D eigenvalue weighted by Crippen LogP contribution is 2.19. The highest BCUT2D eigenvalue weighted by atomic mass is 32.2. The van der Waals surface area contributed by atoms with Gasteiger partial charge in [0.1, 0.15) is 11.9 Å². The van der Waals surface area contributed by atoms with Gasteiger partial charge in [-0.2, -0.15) is 5.10 Å². The highest BCUT2D eigenvalue weighted by molar-refractivity contribution is 7.99. The Hall–Kier alpha value is -3.14. The summed E-state index contributed by atoms with van der Waals surface area (Å²) in [6.07, 6.45) is 1.47. The van der Waals surface area contributed by atoms with E-state index in [1.54, 1.807) is 11.6 Å². The second-order valence-electron chi connectivity index (χ2n) is 5.82. The number of aromatic nitrogens is 4. The molecule has 3 aromatic rings. The van der Waals surface area contributed by atoms with E-state index in [0.29, 0.717) is 16.2 Å². The van der Waals surface area contributed by atoms with E-state index in [-0.39, 0.29) is 30.4 Å². The van der Waals surface area contributed by atoms with Crippen molar-refractivity contribution in [2.45, 2.75) is 19.0 Å². The molecule has 0 unspecified atom stereocenters. The monoisotopic (exact) mass is 401 g/mol. The number of nitrogens with zero attached hydrogens (tertiary/aromatic N) is 3. The first kappa shape index (κ1) is 19.6. The molecule has 146 valence electrons. The van der Waals surface area contributed by atoms with Gasteiger partial charge in [0.05, 0.1) is 24.2 Å². The lowest BCUT2D eigenvalue weighted by Crippen LogP contribution is -2.31. The number of carbonyl (C=O) groups is 2. The van der Waals surface area contributed by atoms with E-state index in [4.69, 9.17) is 4.74 Å². The molecule has 9 nitrogen and oxygen atoms in total. The fourth-order valence-electron chi connectivity index (χ4n) is 2.51. The summed E-state index contributed by atoms with van der Waals surface area (Å²) in [7, 11) is 0. The number of thioether (sulfide) groups is 1. The van der Waals surface area contributed by atoms with Crippen molar-refractivity contribution in [2.75, 3.05) is 18.9 Å². The summed E-state index contributed by atoms with van der Waals surface area (Å²) >= 11 is 1.06. The minimum atomic E-state index is -0.504. The quantitative estimate of drug-likeness (QED) is 0.347. The number of ether oxygens (including phenoxy) is 1. The molecule has 2 heterocycles. The van der Waals surface area contributed by atoms with E-state index in [9.17, 15) is 14.4 Å². The lowest BCUT2D eigenvalue weighted by atomic mass is 10.2. The summed E-state index contributed by atoms with van der Waals surface area (Å²) in [5, 5.41) is 7.39. The Morgan fingerprint density at radius 1 is 1.32 bits per heavy atom. The fourth-order valence-corrected chi connectivity index (χ4v) is 3.20. The molecule has 0 aliphatic rings. The lowest BCUT2D eigenvalue weighted by Gasteiger charge is -2.07. The molecule has 28 heavy (non-hydrogen) atoms. The second-order valence-corrected chi connectivity index (χ2v) is 6.79. The van der Waals surface area contributed by atoms with Gasteiger partial charge in [-0.05, 0) is 25.5 Å². The van der Waals surface area contributed by atoms with Gasteiger partial charge in [-0.15, -0.1) is 0 Å². The number of rotatable bonds is 7. The van der Waals surface area contributed by atoms with Crippen LogP contribution >= 0.6 is 11.8 Å². The molecule has 0 saturated carbocycles. The summed E-state index contributed by atoms with van der Waals surface area (Å²) in [5.74, 6) is -0.879. The van der Waals surface area contributed by atoms with Crippen LogP contribution in [0.25, 0.3) is 16.7 Å². The van der Waals surface area contributed by atoms with Crippen LogP contribution in [0.2, 0.25) is 0 Å². The molecule has 2 N–H and O–H groups in total. The number of carbonyl (C=O) groups excluding carboxylic acids is 2. The van der Waals surface area contributed by atoms with Crippen LogP contribution in [0.5, 0.6) is 0 Å². The Morgan fingerprint density at radius 3 is 2.86 bits per heavy atom. The largest absolute Gasteiger partial charge is 0.465 e. The minimum absolute atomic E-state index is 0.00759. The zero-order valence-electron chi connectivity index (χ0n) is 15.4. The van der Waals surface area contributed by atoms with E-state index >= 15 is 0 Å². The second kappa shape index (κ2) is 8.70. The van der Waals surface area contributed by atoms with Crippen LogP contribution < -0.4 is 10.9 Å². The van der Waals surface area contributed by atoms with Crippen molar-refractivity contribution in [3.05, 3.63) is 46.4 Å². The first-order valence-electron chi connectivity index (χ1n) is 8.58. The number of fused-ring (bicyclic) bond motifs is 1. The number of amides is 1. The van der Waals surface area contributed by atoms with Crippen LogP contribution in [0.3, 0.4) is 0 Å². The van der Waals surface area contributed by atoms with Crippen molar-refractivity contribution in [1.82, 2.24) is 25.1 Å². The van der Waals surface area contributed by atoms with E-state index in [1.807, 2.05) is 31.2 Å². The Bertz CT molecular complexity index is 1080. The van der Waals surface area contributed by atoms with Gasteiger partial charge >= 0.3 is 5.97 Å². The third kappa shape index (κ3) is 4.39. The summed E-state index contributed by atoms with van der Waals surface area (Å²) in [4.78, 5) is 42.6. The normalized spacial score (nSPS) is 10.8. The lowest BCUT2D eigenvalue weighted by molar-refractivity contribution is -0.143. The highest BCUT2D eigenvalue weighted by Gasteiger charge is 2.14. The maximum Gasteiger partial charge on any atom is 0.325 e. The number of benzene rings is 1. The number of aromatic amines is 1. The summed E-state index contributed by atoms with van der Waals surface area (Å²) in [6.45, 7) is 3.69. The van der Waals surface area contributed by atoms with Gasteiger partial charge in [0.2, 0.25) is 5.91 Å². The first-order valence-corrected chi connectivity index (χ1v) is 9.57. The zero-order chi connectivity index (χ0) is 20.1. The van der Waals surface area contributed by atoms with Gasteiger partial charge in [0, 0.05) is 0 Å². The summed E-state index contributed by atoms with van der Waals surface area (Å²) in [6, 6.07) is 7.63. The van der Waals surface area contributed by atoms with Crippen LogP contribution in [0, 0.1) is 6.92 Å². The van der Waals surface area contributed by atoms with Crippen LogP contribution in [-0.4, -0.2) is 50.5 Å². The van der Waals surface area contributed by atoms with Crippen molar-refractivity contribution in [2.24, 2.45) is 0 Å². The van der Waals surface area contributed by atoms with Crippen LogP contribution in [-0.2, 0) is 14.3 Å². The third-order valence-electron chi connectivity index (χ3n) is 3.84. The number of aryl methyl sites for hydroxylation is 1. The predicted molar refractivity (Wildman–Crippen MR) is 105 cm³/mol. The number of hydrogen-bond donors (Lipinski definition) is 2. The van der Waals surface area contributed by atoms with Crippen molar-refractivity contribution in [1.29, 1.82) is 0 Å². The Morgan fingerprint density at radius 2 is 2.11 bits per heavy atom. The maximum atomic E-state index is 12.3. The standard InChI is InChI=1S/C18H19N5O4S/c1-3-27-15(25)9-19-14(24)10-28-18-21-16-12(17(26)22-18)8-20-23(16)13-7-5-4-6-11(13)2/h4-8H,3,9-10H2,1-2H3,(H,19,24)(H,21,22,26). The molecule has 0 aliphatic heterocycles. The number of hydrogen-bond acceptors (Lipinski definition) is 7. The minimum Gasteiger partial charge on any atom is -0.465 e. The molecular formula is C18H19N5O4S. The molecule has 0 bridgehead atoms. The van der Waals surface area contributed by atoms with E-state index in [2.05, 4.69) is 20.4 Å². The Balaban J connectivity index is 1.77. The Kier molecular flexibility index (Phi) is 6.09. The Labute approximate surface area is 164 Å². The molecule has 2 aromatic heterocycles. The van der Waals surface area contributed by atoms with E-state index in [0.717, 1.165) is 23.0 Å².